The lowest BCUT2D eigenvalue weighted by Gasteiger charge is -2.36. The first-order valence-electron chi connectivity index (χ1n) is 8.26. The lowest BCUT2D eigenvalue weighted by molar-refractivity contribution is -0.146. The average Bonchev–Trinajstić information content (AvgIpc) is 3.14. The van der Waals surface area contributed by atoms with E-state index in [1.807, 2.05) is 6.20 Å². The Bertz CT molecular complexity index is 718. The molecule has 1 aromatic carbocycles. The average molecular weight is 314 g/mol. The third-order valence-electron chi connectivity index (χ3n) is 5.57. The molecule has 2 N–H and O–H groups in total. The Morgan fingerprint density at radius 2 is 2.17 bits per heavy atom. The second-order valence-electron chi connectivity index (χ2n) is 6.89. The van der Waals surface area contributed by atoms with Gasteiger partial charge in [0.05, 0.1) is 5.92 Å². The third-order valence-corrected chi connectivity index (χ3v) is 5.57. The highest BCUT2D eigenvalue weighted by Gasteiger charge is 2.50. The summed E-state index contributed by atoms with van der Waals surface area (Å²) in [6.07, 6.45) is 3.67. The van der Waals surface area contributed by atoms with Crippen molar-refractivity contribution in [1.82, 2.24) is 9.88 Å². The van der Waals surface area contributed by atoms with Crippen molar-refractivity contribution in [3.05, 3.63) is 36.0 Å². The smallest absolute Gasteiger partial charge is 0.308 e. The van der Waals surface area contributed by atoms with E-state index in [2.05, 4.69) is 34.1 Å². The van der Waals surface area contributed by atoms with Gasteiger partial charge in [0.25, 0.3) is 0 Å². The summed E-state index contributed by atoms with van der Waals surface area (Å²) in [6, 6.07) is 8.37. The predicted octanol–water partition coefficient (Wildman–Crippen LogP) is 2.48. The van der Waals surface area contributed by atoms with Gasteiger partial charge in [0, 0.05) is 50.0 Å². The highest BCUT2D eigenvalue weighted by Crippen LogP contribution is 2.44. The zero-order chi connectivity index (χ0) is 15.9. The number of hydrogen-bond donors (Lipinski definition) is 2. The fraction of sp³-hybridized carbons (Fsp3) is 0.500. The van der Waals surface area contributed by atoms with E-state index in [9.17, 15) is 9.90 Å². The van der Waals surface area contributed by atoms with Crippen molar-refractivity contribution >= 4 is 16.9 Å². The number of aliphatic carboxylic acids is 1. The molecule has 0 bridgehead atoms. The standard InChI is InChI=1S/C18H22N2O3/c21-17(22)15-11-20(12-18(15)5-8-23-9-6-18)10-14-3-1-2-13-4-7-19-16(13)14/h1-4,7,15,19H,5-6,8-12H2,(H,21,22). The summed E-state index contributed by atoms with van der Waals surface area (Å²) in [4.78, 5) is 17.4. The molecule has 5 heteroatoms. The summed E-state index contributed by atoms with van der Waals surface area (Å²) >= 11 is 0. The number of ether oxygens (including phenoxy) is 1. The largest absolute Gasteiger partial charge is 0.481 e. The van der Waals surface area contributed by atoms with Gasteiger partial charge in [-0.15, -0.1) is 0 Å². The Kier molecular flexibility index (Phi) is 3.62. The van der Waals surface area contributed by atoms with Gasteiger partial charge < -0.3 is 14.8 Å². The van der Waals surface area contributed by atoms with Crippen LogP contribution in [0.25, 0.3) is 10.9 Å². The Hall–Kier alpha value is -1.85. The van der Waals surface area contributed by atoms with Crippen molar-refractivity contribution in [1.29, 1.82) is 0 Å². The molecule has 23 heavy (non-hydrogen) atoms. The molecule has 5 nitrogen and oxygen atoms in total. The summed E-state index contributed by atoms with van der Waals surface area (Å²) < 4.78 is 5.47. The number of likely N-dealkylation sites (tertiary alicyclic amines) is 1. The number of para-hydroxylation sites is 1. The number of fused-ring (bicyclic) bond motifs is 1. The summed E-state index contributed by atoms with van der Waals surface area (Å²) in [6.45, 7) is 3.65. The molecule has 1 spiro atoms. The quantitative estimate of drug-likeness (QED) is 0.913. The molecule has 1 unspecified atom stereocenters. The Morgan fingerprint density at radius 3 is 2.96 bits per heavy atom. The van der Waals surface area contributed by atoms with E-state index in [1.54, 1.807) is 0 Å². The molecule has 2 aromatic rings. The van der Waals surface area contributed by atoms with Crippen LogP contribution in [0.2, 0.25) is 0 Å². The van der Waals surface area contributed by atoms with Crippen LogP contribution in [-0.2, 0) is 16.1 Å². The molecule has 1 atom stereocenters. The van der Waals surface area contributed by atoms with Crippen LogP contribution in [0, 0.1) is 11.3 Å². The number of H-pyrrole nitrogens is 1. The van der Waals surface area contributed by atoms with Crippen LogP contribution >= 0.6 is 0 Å². The van der Waals surface area contributed by atoms with Gasteiger partial charge in [-0.2, -0.15) is 0 Å². The molecule has 4 rings (SSSR count). The zero-order valence-electron chi connectivity index (χ0n) is 13.1. The molecule has 2 aliphatic rings. The molecular formula is C18H22N2O3. The molecule has 0 aliphatic carbocycles. The van der Waals surface area contributed by atoms with Gasteiger partial charge in [-0.3, -0.25) is 9.69 Å². The maximum Gasteiger partial charge on any atom is 0.308 e. The molecule has 2 aliphatic heterocycles. The monoisotopic (exact) mass is 314 g/mol. The number of carbonyl (C=O) groups is 1. The highest BCUT2D eigenvalue weighted by atomic mass is 16.5. The minimum Gasteiger partial charge on any atom is -0.481 e. The van der Waals surface area contributed by atoms with Crippen LogP contribution in [0.4, 0.5) is 0 Å². The van der Waals surface area contributed by atoms with Crippen molar-refractivity contribution in [2.75, 3.05) is 26.3 Å². The number of carboxylic acids is 1. The van der Waals surface area contributed by atoms with Crippen LogP contribution in [0.1, 0.15) is 18.4 Å². The van der Waals surface area contributed by atoms with Crippen LogP contribution in [0.5, 0.6) is 0 Å². The number of nitrogens with zero attached hydrogens (tertiary/aromatic N) is 1. The number of nitrogens with one attached hydrogen (secondary N) is 1. The highest BCUT2D eigenvalue weighted by molar-refractivity contribution is 5.82. The van der Waals surface area contributed by atoms with Crippen LogP contribution in [-0.4, -0.2) is 47.3 Å². The van der Waals surface area contributed by atoms with Gasteiger partial charge in [0.2, 0.25) is 0 Å². The molecule has 2 saturated heterocycles. The third kappa shape index (κ3) is 2.54. The fourth-order valence-corrected chi connectivity index (χ4v) is 4.34. The van der Waals surface area contributed by atoms with E-state index in [4.69, 9.17) is 4.74 Å². The van der Waals surface area contributed by atoms with Crippen LogP contribution in [0.15, 0.2) is 30.5 Å². The maximum atomic E-state index is 11.8. The van der Waals surface area contributed by atoms with Crippen molar-refractivity contribution in [3.8, 4) is 0 Å². The topological polar surface area (TPSA) is 65.6 Å². The van der Waals surface area contributed by atoms with Crippen molar-refractivity contribution in [2.45, 2.75) is 19.4 Å². The molecular weight excluding hydrogens is 292 g/mol. The normalized spacial score (nSPS) is 24.4. The van der Waals surface area contributed by atoms with E-state index in [-0.39, 0.29) is 11.3 Å². The second kappa shape index (κ2) is 5.65. The molecule has 3 heterocycles. The van der Waals surface area contributed by atoms with Crippen LogP contribution in [0.3, 0.4) is 0 Å². The Morgan fingerprint density at radius 1 is 1.35 bits per heavy atom. The zero-order valence-corrected chi connectivity index (χ0v) is 13.1. The molecule has 122 valence electrons. The molecule has 0 amide bonds. The Balaban J connectivity index is 1.58. The maximum absolute atomic E-state index is 11.8. The Labute approximate surface area is 135 Å². The number of aromatic nitrogens is 1. The minimum absolute atomic E-state index is 0.117. The number of carboxylic acid groups (broad SMARTS) is 1. The SMILES string of the molecule is O=C(O)C1CN(Cc2cccc3cc[nH]c23)CC12CCOCC2. The molecule has 0 radical (unpaired) electrons. The van der Waals surface area contributed by atoms with Gasteiger partial charge >= 0.3 is 5.97 Å². The summed E-state index contributed by atoms with van der Waals surface area (Å²) in [5.41, 5.74) is 2.28. The van der Waals surface area contributed by atoms with Crippen molar-refractivity contribution in [3.63, 3.8) is 0 Å². The predicted molar refractivity (Wildman–Crippen MR) is 87.2 cm³/mol. The van der Waals surface area contributed by atoms with E-state index in [1.165, 1.54) is 10.9 Å². The van der Waals surface area contributed by atoms with Crippen molar-refractivity contribution in [2.24, 2.45) is 11.3 Å². The molecule has 1 aromatic heterocycles. The van der Waals surface area contributed by atoms with Gasteiger partial charge in [0.15, 0.2) is 0 Å². The molecule has 2 fully saturated rings. The first-order valence-corrected chi connectivity index (χ1v) is 8.26. The van der Waals surface area contributed by atoms with Gasteiger partial charge in [-0.25, -0.2) is 0 Å². The number of aromatic amines is 1. The molecule has 0 saturated carbocycles. The summed E-state index contributed by atoms with van der Waals surface area (Å²) in [5.74, 6) is -0.943. The fourth-order valence-electron chi connectivity index (χ4n) is 4.34. The number of benzene rings is 1. The van der Waals surface area contributed by atoms with E-state index < -0.39 is 5.97 Å². The van der Waals surface area contributed by atoms with Crippen molar-refractivity contribution < 1.29 is 14.6 Å². The minimum atomic E-state index is -0.660. The summed E-state index contributed by atoms with van der Waals surface area (Å²) in [7, 11) is 0. The summed E-state index contributed by atoms with van der Waals surface area (Å²) in [5, 5.41) is 10.9. The first-order chi connectivity index (χ1) is 11.2. The second-order valence-corrected chi connectivity index (χ2v) is 6.89. The van der Waals surface area contributed by atoms with Crippen LogP contribution < -0.4 is 0 Å². The number of rotatable bonds is 3. The lowest BCUT2D eigenvalue weighted by Crippen LogP contribution is -2.40. The van der Waals surface area contributed by atoms with E-state index in [0.717, 1.165) is 31.4 Å². The number of hydrogen-bond acceptors (Lipinski definition) is 3. The van der Waals surface area contributed by atoms with Gasteiger partial charge in [-0.1, -0.05) is 18.2 Å². The van der Waals surface area contributed by atoms with Gasteiger partial charge in [-0.05, 0) is 29.9 Å². The lowest BCUT2D eigenvalue weighted by atomic mass is 9.72. The van der Waals surface area contributed by atoms with E-state index in [0.29, 0.717) is 19.8 Å². The van der Waals surface area contributed by atoms with Gasteiger partial charge in [0.1, 0.15) is 0 Å². The first kappa shape index (κ1) is 14.7. The van der Waals surface area contributed by atoms with E-state index >= 15 is 0 Å².